The summed E-state index contributed by atoms with van der Waals surface area (Å²) in [7, 11) is 0. The van der Waals surface area contributed by atoms with Gasteiger partial charge in [0.1, 0.15) is 12.2 Å². The van der Waals surface area contributed by atoms with Crippen LogP contribution in [0, 0.1) is 5.41 Å². The van der Waals surface area contributed by atoms with Crippen LogP contribution in [0.1, 0.15) is 78.6 Å². The smallest absolute Gasteiger partial charge is 0.138 e. The van der Waals surface area contributed by atoms with Gasteiger partial charge in [0.25, 0.3) is 0 Å². The van der Waals surface area contributed by atoms with Gasteiger partial charge in [-0.2, -0.15) is 5.10 Å². The van der Waals surface area contributed by atoms with Crippen LogP contribution < -0.4 is 5.32 Å². The third-order valence-electron chi connectivity index (χ3n) is 4.58. The lowest BCUT2D eigenvalue weighted by molar-refractivity contribution is 0.159. The minimum atomic E-state index is 0.177. The van der Waals surface area contributed by atoms with Crippen LogP contribution in [0.3, 0.4) is 0 Å². The van der Waals surface area contributed by atoms with E-state index in [-0.39, 0.29) is 5.54 Å². The van der Waals surface area contributed by atoms with Gasteiger partial charge >= 0.3 is 0 Å². The zero-order chi connectivity index (χ0) is 15.5. The molecule has 1 heterocycles. The molecule has 0 atom stereocenters. The van der Waals surface area contributed by atoms with Gasteiger partial charge in [-0.1, -0.05) is 19.3 Å². The summed E-state index contributed by atoms with van der Waals surface area (Å²) in [6.07, 6.45) is 9.46. The van der Waals surface area contributed by atoms with Crippen LogP contribution in [0.4, 0.5) is 0 Å². The molecular formula is C17H32N4. The molecule has 0 spiro atoms. The van der Waals surface area contributed by atoms with E-state index in [4.69, 9.17) is 0 Å². The molecule has 2 rings (SSSR count). The lowest BCUT2D eigenvalue weighted by Crippen LogP contribution is -2.46. The largest absolute Gasteiger partial charge is 0.312 e. The molecule has 1 aromatic rings. The Hall–Kier alpha value is -0.900. The molecule has 4 heteroatoms. The van der Waals surface area contributed by atoms with E-state index in [9.17, 15) is 0 Å². The van der Waals surface area contributed by atoms with Crippen molar-refractivity contribution in [2.75, 3.05) is 6.54 Å². The Kier molecular flexibility index (Phi) is 5.07. The lowest BCUT2D eigenvalue weighted by atomic mass is 9.71. The zero-order valence-corrected chi connectivity index (χ0v) is 14.4. The Morgan fingerprint density at radius 2 is 1.90 bits per heavy atom. The molecule has 0 aliphatic heterocycles. The summed E-state index contributed by atoms with van der Waals surface area (Å²) < 4.78 is 2.09. The summed E-state index contributed by atoms with van der Waals surface area (Å²) in [6.45, 7) is 12.2. The first-order valence-electron chi connectivity index (χ1n) is 8.45. The van der Waals surface area contributed by atoms with Crippen LogP contribution in [-0.4, -0.2) is 26.8 Å². The molecule has 1 N–H and O–H groups in total. The van der Waals surface area contributed by atoms with Crippen molar-refractivity contribution in [2.24, 2.45) is 5.41 Å². The van der Waals surface area contributed by atoms with Crippen LogP contribution in [0.25, 0.3) is 0 Å². The van der Waals surface area contributed by atoms with E-state index in [2.05, 4.69) is 54.7 Å². The third kappa shape index (κ3) is 4.53. The van der Waals surface area contributed by atoms with Gasteiger partial charge in [0.15, 0.2) is 0 Å². The fourth-order valence-corrected chi connectivity index (χ4v) is 3.34. The molecule has 1 saturated carbocycles. The summed E-state index contributed by atoms with van der Waals surface area (Å²) in [4.78, 5) is 4.55. The fraction of sp³-hybridized carbons (Fsp3) is 0.882. The van der Waals surface area contributed by atoms with E-state index in [0.29, 0.717) is 11.5 Å². The molecule has 4 nitrogen and oxygen atoms in total. The van der Waals surface area contributed by atoms with Gasteiger partial charge in [-0.25, -0.2) is 9.67 Å². The summed E-state index contributed by atoms with van der Waals surface area (Å²) in [5.41, 5.74) is 0.529. The highest BCUT2D eigenvalue weighted by Gasteiger charge is 2.34. The van der Waals surface area contributed by atoms with Gasteiger partial charge in [0.05, 0.1) is 0 Å². The normalized spacial score (nSPS) is 19.1. The summed E-state index contributed by atoms with van der Waals surface area (Å²) >= 11 is 0. The third-order valence-corrected chi connectivity index (χ3v) is 4.58. The molecule has 0 saturated heterocycles. The van der Waals surface area contributed by atoms with E-state index in [0.717, 1.165) is 18.8 Å². The molecule has 0 aromatic carbocycles. The quantitative estimate of drug-likeness (QED) is 0.899. The van der Waals surface area contributed by atoms with E-state index < -0.39 is 0 Å². The molecule has 0 amide bonds. The molecule has 0 radical (unpaired) electrons. The van der Waals surface area contributed by atoms with Crippen LogP contribution in [0.2, 0.25) is 0 Å². The van der Waals surface area contributed by atoms with Gasteiger partial charge in [-0.15, -0.1) is 0 Å². The Labute approximate surface area is 129 Å². The minimum Gasteiger partial charge on any atom is -0.312 e. The number of nitrogens with zero attached hydrogens (tertiary/aromatic N) is 3. The number of aromatic nitrogens is 3. The summed E-state index contributed by atoms with van der Waals surface area (Å²) in [6, 6.07) is 0.388. The topological polar surface area (TPSA) is 42.7 Å². The van der Waals surface area contributed by atoms with Gasteiger partial charge in [0.2, 0.25) is 0 Å². The van der Waals surface area contributed by atoms with Crippen molar-refractivity contribution < 1.29 is 0 Å². The number of nitrogens with one attached hydrogen (secondary N) is 1. The highest BCUT2D eigenvalue weighted by molar-refractivity contribution is 4.98. The van der Waals surface area contributed by atoms with Gasteiger partial charge in [-0.3, -0.25) is 0 Å². The molecule has 0 unspecified atom stereocenters. The maximum atomic E-state index is 4.55. The van der Waals surface area contributed by atoms with E-state index in [1.807, 2.05) is 0 Å². The number of rotatable bonds is 5. The van der Waals surface area contributed by atoms with Crippen molar-refractivity contribution in [3.8, 4) is 0 Å². The average Bonchev–Trinajstić information content (AvgIpc) is 2.85. The molecule has 120 valence electrons. The molecule has 1 aliphatic carbocycles. The second-order valence-corrected chi connectivity index (χ2v) is 8.06. The van der Waals surface area contributed by atoms with Crippen LogP contribution >= 0.6 is 0 Å². The molecule has 1 fully saturated rings. The maximum Gasteiger partial charge on any atom is 0.138 e. The number of hydrogen-bond acceptors (Lipinski definition) is 3. The Morgan fingerprint density at radius 1 is 1.24 bits per heavy atom. The highest BCUT2D eigenvalue weighted by Crippen LogP contribution is 2.39. The monoisotopic (exact) mass is 292 g/mol. The Balaban J connectivity index is 2.14. The second kappa shape index (κ2) is 6.47. The first kappa shape index (κ1) is 16.5. The number of hydrogen-bond donors (Lipinski definition) is 1. The van der Waals surface area contributed by atoms with Crippen LogP contribution in [0.15, 0.2) is 6.33 Å². The second-order valence-electron chi connectivity index (χ2n) is 8.06. The lowest BCUT2D eigenvalue weighted by Gasteiger charge is -2.39. The first-order chi connectivity index (χ1) is 9.81. The van der Waals surface area contributed by atoms with Gasteiger partial charge in [-0.05, 0) is 52.9 Å². The van der Waals surface area contributed by atoms with Gasteiger partial charge < -0.3 is 5.32 Å². The van der Waals surface area contributed by atoms with E-state index in [1.54, 1.807) is 6.33 Å². The molecule has 1 aliphatic rings. The average molecular weight is 292 g/mol. The maximum absolute atomic E-state index is 4.55. The molecule has 1 aromatic heterocycles. The predicted octanol–water partition coefficient (Wildman–Crippen LogP) is 3.74. The van der Waals surface area contributed by atoms with Crippen molar-refractivity contribution in [3.05, 3.63) is 12.2 Å². The highest BCUT2D eigenvalue weighted by atomic mass is 15.3. The standard InChI is InChI=1S/C17H32N4/c1-14(2)21-15(18-13-20-21)11-17(9-7-6-8-10-17)12-19-16(3,4)5/h13-14,19H,6-12H2,1-5H3. The fourth-order valence-electron chi connectivity index (χ4n) is 3.34. The van der Waals surface area contributed by atoms with E-state index in [1.165, 1.54) is 32.1 Å². The van der Waals surface area contributed by atoms with Crippen molar-refractivity contribution in [2.45, 2.75) is 84.7 Å². The molecule has 21 heavy (non-hydrogen) atoms. The Bertz CT molecular complexity index is 436. The summed E-state index contributed by atoms with van der Waals surface area (Å²) in [5, 5.41) is 8.14. The first-order valence-corrected chi connectivity index (χ1v) is 8.45. The van der Waals surface area contributed by atoms with Crippen molar-refractivity contribution in [3.63, 3.8) is 0 Å². The van der Waals surface area contributed by atoms with E-state index >= 15 is 0 Å². The predicted molar refractivity (Wildman–Crippen MR) is 87.4 cm³/mol. The van der Waals surface area contributed by atoms with Crippen molar-refractivity contribution in [1.29, 1.82) is 0 Å². The van der Waals surface area contributed by atoms with Crippen LogP contribution in [0.5, 0.6) is 0 Å². The zero-order valence-electron chi connectivity index (χ0n) is 14.4. The van der Waals surface area contributed by atoms with Crippen molar-refractivity contribution >= 4 is 0 Å². The Morgan fingerprint density at radius 3 is 2.48 bits per heavy atom. The summed E-state index contributed by atoms with van der Waals surface area (Å²) in [5.74, 6) is 1.16. The van der Waals surface area contributed by atoms with Crippen LogP contribution in [-0.2, 0) is 6.42 Å². The van der Waals surface area contributed by atoms with Crippen molar-refractivity contribution in [1.82, 2.24) is 20.1 Å². The molecule has 0 bridgehead atoms. The minimum absolute atomic E-state index is 0.177. The SMILES string of the molecule is CC(C)n1ncnc1CC1(CNC(C)(C)C)CCCCC1. The molecular weight excluding hydrogens is 260 g/mol. The van der Waals surface area contributed by atoms with Gasteiger partial charge in [0, 0.05) is 24.5 Å².